The van der Waals surface area contributed by atoms with Crippen LogP contribution in [-0.4, -0.2) is 47.1 Å². The van der Waals surface area contributed by atoms with Crippen LogP contribution in [0.25, 0.3) is 10.6 Å². The van der Waals surface area contributed by atoms with Crippen LogP contribution in [0, 0.1) is 0 Å². The van der Waals surface area contributed by atoms with Gasteiger partial charge in [0.05, 0.1) is 16.9 Å². The van der Waals surface area contributed by atoms with Crippen molar-refractivity contribution < 1.29 is 9.90 Å². The fourth-order valence-corrected chi connectivity index (χ4v) is 4.37. The zero-order valence-electron chi connectivity index (χ0n) is 14.5. The zero-order valence-corrected chi connectivity index (χ0v) is 16.1. The first kappa shape index (κ1) is 17.8. The van der Waals surface area contributed by atoms with E-state index >= 15 is 0 Å². The Kier molecular flexibility index (Phi) is 5.01. The molecule has 7 heteroatoms. The summed E-state index contributed by atoms with van der Waals surface area (Å²) < 4.78 is 0. The molecule has 0 saturated carbocycles. The smallest absolute Gasteiger partial charge is 0.265 e. The maximum Gasteiger partial charge on any atom is 0.265 e. The lowest BCUT2D eigenvalue weighted by atomic mass is 10.2. The van der Waals surface area contributed by atoms with Gasteiger partial charge < -0.3 is 14.9 Å². The number of hydrogen-bond donors (Lipinski definition) is 1. The van der Waals surface area contributed by atoms with E-state index < -0.39 is 0 Å². The molecular formula is C20H18ClN3O2S. The molecule has 138 valence electrons. The molecular weight excluding hydrogens is 382 g/mol. The number of aromatic hydroxyl groups is 1. The van der Waals surface area contributed by atoms with Crippen molar-refractivity contribution in [3.05, 3.63) is 64.6 Å². The number of nitrogens with zero attached hydrogens (tertiary/aromatic N) is 3. The molecule has 0 unspecified atom stereocenters. The number of anilines is 1. The summed E-state index contributed by atoms with van der Waals surface area (Å²) in [5.41, 5.74) is 1.65. The molecule has 2 aromatic carbocycles. The molecule has 1 aromatic heterocycles. The number of halogens is 1. The van der Waals surface area contributed by atoms with Gasteiger partial charge in [0.1, 0.15) is 15.6 Å². The number of amides is 1. The lowest BCUT2D eigenvalue weighted by Gasteiger charge is -2.36. The average Bonchev–Trinajstić information content (AvgIpc) is 3.18. The number of aromatic nitrogens is 1. The maximum atomic E-state index is 12.8. The minimum Gasteiger partial charge on any atom is -0.506 e. The van der Waals surface area contributed by atoms with Gasteiger partial charge in [0.25, 0.3) is 5.91 Å². The first-order valence-electron chi connectivity index (χ1n) is 8.66. The first-order valence-corrected chi connectivity index (χ1v) is 9.86. The van der Waals surface area contributed by atoms with E-state index in [9.17, 15) is 9.90 Å². The molecule has 27 heavy (non-hydrogen) atoms. The van der Waals surface area contributed by atoms with Crippen molar-refractivity contribution in [1.29, 1.82) is 0 Å². The lowest BCUT2D eigenvalue weighted by molar-refractivity contribution is 0.0751. The second kappa shape index (κ2) is 7.58. The highest BCUT2D eigenvalue weighted by atomic mass is 35.5. The van der Waals surface area contributed by atoms with E-state index in [0.29, 0.717) is 36.1 Å². The average molecular weight is 400 g/mol. The molecule has 2 heterocycles. The van der Waals surface area contributed by atoms with Gasteiger partial charge in [0.15, 0.2) is 0 Å². The van der Waals surface area contributed by atoms with Crippen LogP contribution in [0.2, 0.25) is 5.02 Å². The minimum atomic E-state index is -0.0114. The molecule has 0 spiro atoms. The summed E-state index contributed by atoms with van der Waals surface area (Å²) in [4.78, 5) is 21.8. The number of carbonyl (C=O) groups excluding carboxylic acids is 1. The number of benzene rings is 2. The number of piperazine rings is 1. The van der Waals surface area contributed by atoms with Crippen molar-refractivity contribution in [2.45, 2.75) is 0 Å². The third kappa shape index (κ3) is 3.63. The summed E-state index contributed by atoms with van der Waals surface area (Å²) in [6.07, 6.45) is 1.63. The normalized spacial score (nSPS) is 14.4. The van der Waals surface area contributed by atoms with Crippen LogP contribution in [0.5, 0.6) is 5.75 Å². The molecule has 1 aliphatic heterocycles. The molecule has 0 bridgehead atoms. The third-order valence-corrected chi connectivity index (χ3v) is 5.96. The van der Waals surface area contributed by atoms with E-state index in [-0.39, 0.29) is 11.7 Å². The number of phenolic OH excluding ortho intramolecular Hbond substituents is 1. The summed E-state index contributed by atoms with van der Waals surface area (Å²) in [5, 5.41) is 11.4. The van der Waals surface area contributed by atoms with Gasteiger partial charge in [-0.2, -0.15) is 0 Å². The Bertz CT molecular complexity index is 967. The third-order valence-electron chi connectivity index (χ3n) is 4.61. The van der Waals surface area contributed by atoms with Crippen LogP contribution >= 0.6 is 22.9 Å². The summed E-state index contributed by atoms with van der Waals surface area (Å²) in [7, 11) is 0. The molecule has 0 aliphatic carbocycles. The Hall–Kier alpha value is -2.57. The van der Waals surface area contributed by atoms with Gasteiger partial charge in [0, 0.05) is 31.7 Å². The van der Waals surface area contributed by atoms with Crippen LogP contribution in [0.4, 0.5) is 5.69 Å². The molecule has 3 aromatic rings. The highest BCUT2D eigenvalue weighted by molar-refractivity contribution is 7.17. The first-order chi connectivity index (χ1) is 13.1. The standard InChI is InChI=1S/C20H18ClN3O2S/c21-15-6-2-1-5-14(15)19-22-13-18(27-19)20(26)24-11-9-23(10-12-24)16-7-3-4-8-17(16)25/h1-8,13,25H,9-12H2. The van der Waals surface area contributed by atoms with Crippen LogP contribution < -0.4 is 4.90 Å². The number of phenols is 1. The van der Waals surface area contributed by atoms with Crippen molar-refractivity contribution in [1.82, 2.24) is 9.88 Å². The van der Waals surface area contributed by atoms with Gasteiger partial charge in [-0.25, -0.2) is 4.98 Å². The quantitative estimate of drug-likeness (QED) is 0.719. The number of hydrogen-bond acceptors (Lipinski definition) is 5. The summed E-state index contributed by atoms with van der Waals surface area (Å²) >= 11 is 7.59. The second-order valence-electron chi connectivity index (χ2n) is 6.28. The Morgan fingerprint density at radius 3 is 2.48 bits per heavy atom. The summed E-state index contributed by atoms with van der Waals surface area (Å²) in [6, 6.07) is 14.8. The van der Waals surface area contributed by atoms with Gasteiger partial charge in [-0.1, -0.05) is 41.9 Å². The fraction of sp³-hybridized carbons (Fsp3) is 0.200. The molecule has 0 atom stereocenters. The number of rotatable bonds is 3. The van der Waals surface area contributed by atoms with E-state index in [2.05, 4.69) is 9.88 Å². The van der Waals surface area contributed by atoms with E-state index in [1.54, 1.807) is 18.3 Å². The van der Waals surface area contributed by atoms with E-state index in [4.69, 9.17) is 11.6 Å². The van der Waals surface area contributed by atoms with Gasteiger partial charge >= 0.3 is 0 Å². The maximum absolute atomic E-state index is 12.8. The molecule has 1 aliphatic rings. The molecule has 1 amide bonds. The Labute approximate surface area is 166 Å². The summed E-state index contributed by atoms with van der Waals surface area (Å²) in [5.74, 6) is 0.256. The van der Waals surface area contributed by atoms with Crippen LogP contribution in [-0.2, 0) is 0 Å². The largest absolute Gasteiger partial charge is 0.506 e. The van der Waals surface area contributed by atoms with Crippen molar-refractivity contribution in [3.63, 3.8) is 0 Å². The predicted octanol–water partition coefficient (Wildman–Crippen LogP) is 4.13. The predicted molar refractivity (Wildman–Crippen MR) is 109 cm³/mol. The van der Waals surface area contributed by atoms with Gasteiger partial charge in [-0.3, -0.25) is 4.79 Å². The monoisotopic (exact) mass is 399 g/mol. The van der Waals surface area contributed by atoms with Crippen LogP contribution in [0.15, 0.2) is 54.7 Å². The van der Waals surface area contributed by atoms with Gasteiger partial charge in [0.2, 0.25) is 0 Å². The minimum absolute atomic E-state index is 0.0114. The van der Waals surface area contributed by atoms with Crippen molar-refractivity contribution in [3.8, 4) is 16.3 Å². The Balaban J connectivity index is 1.44. The van der Waals surface area contributed by atoms with Crippen molar-refractivity contribution >= 4 is 34.5 Å². The summed E-state index contributed by atoms with van der Waals surface area (Å²) in [6.45, 7) is 2.57. The Morgan fingerprint density at radius 1 is 1.04 bits per heavy atom. The Morgan fingerprint density at radius 2 is 1.74 bits per heavy atom. The molecule has 1 saturated heterocycles. The number of carbonyl (C=O) groups is 1. The van der Waals surface area contributed by atoms with Crippen LogP contribution in [0.3, 0.4) is 0 Å². The lowest BCUT2D eigenvalue weighted by Crippen LogP contribution is -2.48. The fourth-order valence-electron chi connectivity index (χ4n) is 3.17. The molecule has 0 radical (unpaired) electrons. The molecule has 5 nitrogen and oxygen atoms in total. The molecule has 1 N–H and O–H groups in total. The van der Waals surface area contributed by atoms with Crippen molar-refractivity contribution in [2.24, 2.45) is 0 Å². The van der Waals surface area contributed by atoms with E-state index in [1.165, 1.54) is 11.3 Å². The highest BCUT2D eigenvalue weighted by Crippen LogP contribution is 2.32. The topological polar surface area (TPSA) is 56.7 Å². The molecule has 1 fully saturated rings. The molecule has 4 rings (SSSR count). The van der Waals surface area contributed by atoms with Gasteiger partial charge in [-0.05, 0) is 18.2 Å². The number of para-hydroxylation sites is 2. The van der Waals surface area contributed by atoms with Gasteiger partial charge in [-0.15, -0.1) is 11.3 Å². The van der Waals surface area contributed by atoms with E-state index in [1.807, 2.05) is 41.3 Å². The number of thiazole rings is 1. The van der Waals surface area contributed by atoms with E-state index in [0.717, 1.165) is 16.3 Å². The SMILES string of the molecule is O=C(c1cnc(-c2ccccc2Cl)s1)N1CCN(c2ccccc2O)CC1. The highest BCUT2D eigenvalue weighted by Gasteiger charge is 2.25. The second-order valence-corrected chi connectivity index (χ2v) is 7.72. The zero-order chi connectivity index (χ0) is 18.8. The van der Waals surface area contributed by atoms with Crippen molar-refractivity contribution in [2.75, 3.05) is 31.1 Å². The van der Waals surface area contributed by atoms with Crippen LogP contribution in [0.1, 0.15) is 9.67 Å².